The molecular formula is C12H8Cl2N4O2. The number of fused-ring (bicyclic) bond motifs is 1. The molecule has 0 fully saturated rings. The van der Waals surface area contributed by atoms with Crippen molar-refractivity contribution in [3.63, 3.8) is 0 Å². The lowest BCUT2D eigenvalue weighted by Crippen LogP contribution is -2.21. The Balaban J connectivity index is 2.02. The van der Waals surface area contributed by atoms with E-state index in [1.165, 1.54) is 0 Å². The fourth-order valence-corrected chi connectivity index (χ4v) is 2.23. The average Bonchev–Trinajstić information content (AvgIpc) is 2.76. The maximum atomic E-state index is 11.6. The molecule has 8 heteroatoms. The first kappa shape index (κ1) is 13.0. The first-order chi connectivity index (χ1) is 9.52. The molecule has 1 aromatic carbocycles. The molecule has 3 N–H and O–H groups in total. The molecule has 0 aliphatic rings. The standard InChI is InChI=1S/C12H8Cl2N4O2/c13-6-2-1-5(3-7(6)14)4-8-15-9-10(16-8)17-12(20)18-11(9)19/h1-3H,4H2,(H3,15,16,17,18,19,20). The summed E-state index contributed by atoms with van der Waals surface area (Å²) in [7, 11) is 0. The Bertz CT molecular complexity index is 910. The number of hydrogen-bond acceptors (Lipinski definition) is 3. The second kappa shape index (κ2) is 4.81. The summed E-state index contributed by atoms with van der Waals surface area (Å²) in [5.41, 5.74) is 0.262. The van der Waals surface area contributed by atoms with Gasteiger partial charge in [0.25, 0.3) is 5.56 Å². The number of aromatic nitrogens is 4. The molecule has 2 heterocycles. The summed E-state index contributed by atoms with van der Waals surface area (Å²) in [6.45, 7) is 0. The molecule has 3 aromatic rings. The normalized spacial score (nSPS) is 11.1. The molecule has 3 rings (SSSR count). The third-order valence-corrected chi connectivity index (χ3v) is 3.53. The third-order valence-electron chi connectivity index (χ3n) is 2.79. The molecule has 2 aromatic heterocycles. The van der Waals surface area contributed by atoms with Gasteiger partial charge in [-0.1, -0.05) is 29.3 Å². The monoisotopic (exact) mass is 310 g/mol. The SMILES string of the molecule is O=c1[nH]c(=O)c2[nH]c(Cc3ccc(Cl)c(Cl)c3)nc2[nH]1. The van der Waals surface area contributed by atoms with E-state index in [9.17, 15) is 9.59 Å². The number of H-pyrrole nitrogens is 3. The van der Waals surface area contributed by atoms with Crippen LogP contribution in [-0.4, -0.2) is 19.9 Å². The molecule has 0 atom stereocenters. The molecule has 6 nitrogen and oxygen atoms in total. The summed E-state index contributed by atoms with van der Waals surface area (Å²) in [4.78, 5) is 34.4. The Morgan fingerprint density at radius 2 is 1.85 bits per heavy atom. The first-order valence-corrected chi connectivity index (χ1v) is 6.43. The Hall–Kier alpha value is -2.05. The van der Waals surface area contributed by atoms with Gasteiger partial charge in [-0.05, 0) is 17.7 Å². The number of nitrogens with zero attached hydrogens (tertiary/aromatic N) is 1. The summed E-state index contributed by atoms with van der Waals surface area (Å²) in [6, 6.07) is 5.23. The van der Waals surface area contributed by atoms with Gasteiger partial charge in [-0.2, -0.15) is 0 Å². The van der Waals surface area contributed by atoms with Crippen LogP contribution in [0.3, 0.4) is 0 Å². The number of benzene rings is 1. The zero-order valence-electron chi connectivity index (χ0n) is 9.96. The van der Waals surface area contributed by atoms with Gasteiger partial charge in [0.1, 0.15) is 11.3 Å². The number of aromatic amines is 3. The second-order valence-corrected chi connectivity index (χ2v) is 5.05. The fraction of sp³-hybridized carbons (Fsp3) is 0.0833. The summed E-state index contributed by atoms with van der Waals surface area (Å²) < 4.78 is 0. The minimum absolute atomic E-state index is 0.230. The van der Waals surface area contributed by atoms with Crippen LogP contribution in [0.15, 0.2) is 27.8 Å². The fourth-order valence-electron chi connectivity index (χ4n) is 1.91. The van der Waals surface area contributed by atoms with Crippen LogP contribution in [0.2, 0.25) is 10.0 Å². The van der Waals surface area contributed by atoms with Crippen molar-refractivity contribution in [2.24, 2.45) is 0 Å². The van der Waals surface area contributed by atoms with Gasteiger partial charge in [-0.25, -0.2) is 9.78 Å². The van der Waals surface area contributed by atoms with Crippen molar-refractivity contribution in [1.82, 2.24) is 19.9 Å². The minimum atomic E-state index is -0.588. The molecule has 0 saturated heterocycles. The van der Waals surface area contributed by atoms with E-state index >= 15 is 0 Å². The molecule has 0 aliphatic carbocycles. The van der Waals surface area contributed by atoms with E-state index in [0.717, 1.165) is 5.56 Å². The lowest BCUT2D eigenvalue weighted by atomic mass is 10.1. The van der Waals surface area contributed by atoms with Crippen molar-refractivity contribution in [1.29, 1.82) is 0 Å². The highest BCUT2D eigenvalue weighted by atomic mass is 35.5. The van der Waals surface area contributed by atoms with Crippen LogP contribution < -0.4 is 11.2 Å². The lowest BCUT2D eigenvalue weighted by molar-refractivity contribution is 1.03. The quantitative estimate of drug-likeness (QED) is 0.674. The maximum Gasteiger partial charge on any atom is 0.327 e. The van der Waals surface area contributed by atoms with Crippen molar-refractivity contribution >= 4 is 34.4 Å². The van der Waals surface area contributed by atoms with Crippen LogP contribution in [0.5, 0.6) is 0 Å². The van der Waals surface area contributed by atoms with E-state index in [-0.39, 0.29) is 11.2 Å². The first-order valence-electron chi connectivity index (χ1n) is 5.68. The van der Waals surface area contributed by atoms with Gasteiger partial charge in [0.2, 0.25) is 0 Å². The molecule has 0 bridgehead atoms. The van der Waals surface area contributed by atoms with E-state index in [1.807, 2.05) is 6.07 Å². The van der Waals surface area contributed by atoms with Crippen LogP contribution in [-0.2, 0) is 6.42 Å². The average molecular weight is 311 g/mol. The maximum absolute atomic E-state index is 11.6. The predicted molar refractivity (Wildman–Crippen MR) is 76.6 cm³/mol. The molecule has 20 heavy (non-hydrogen) atoms. The zero-order chi connectivity index (χ0) is 14.3. The van der Waals surface area contributed by atoms with Gasteiger partial charge < -0.3 is 4.98 Å². The third kappa shape index (κ3) is 2.35. The van der Waals surface area contributed by atoms with Crippen molar-refractivity contribution in [3.05, 3.63) is 60.5 Å². The molecule has 0 radical (unpaired) electrons. The summed E-state index contributed by atoms with van der Waals surface area (Å²) in [5, 5.41) is 0.923. The topological polar surface area (TPSA) is 94.4 Å². The Kier molecular flexibility index (Phi) is 3.11. The van der Waals surface area contributed by atoms with Crippen LogP contribution in [0.25, 0.3) is 11.2 Å². The largest absolute Gasteiger partial charge is 0.336 e. The molecule has 0 saturated carbocycles. The second-order valence-electron chi connectivity index (χ2n) is 4.24. The van der Waals surface area contributed by atoms with Crippen LogP contribution in [0.1, 0.15) is 11.4 Å². The number of halogens is 2. The van der Waals surface area contributed by atoms with Crippen molar-refractivity contribution in [2.45, 2.75) is 6.42 Å². The molecule has 0 unspecified atom stereocenters. The summed E-state index contributed by atoms with van der Waals surface area (Å²) in [5.74, 6) is 0.547. The summed E-state index contributed by atoms with van der Waals surface area (Å²) in [6.07, 6.45) is 0.438. The number of rotatable bonds is 2. The highest BCUT2D eigenvalue weighted by Crippen LogP contribution is 2.23. The van der Waals surface area contributed by atoms with Crippen molar-refractivity contribution < 1.29 is 0 Å². The van der Waals surface area contributed by atoms with E-state index in [2.05, 4.69) is 19.9 Å². The Labute approximate surface area is 121 Å². The van der Waals surface area contributed by atoms with Crippen LogP contribution in [0, 0.1) is 0 Å². The van der Waals surface area contributed by atoms with E-state index in [0.29, 0.717) is 22.3 Å². The van der Waals surface area contributed by atoms with Crippen LogP contribution >= 0.6 is 23.2 Å². The number of imidazole rings is 1. The minimum Gasteiger partial charge on any atom is -0.336 e. The van der Waals surface area contributed by atoms with E-state index in [1.54, 1.807) is 12.1 Å². The number of hydrogen-bond donors (Lipinski definition) is 3. The van der Waals surface area contributed by atoms with Gasteiger partial charge in [-0.3, -0.25) is 14.8 Å². The summed E-state index contributed by atoms with van der Waals surface area (Å²) >= 11 is 11.8. The predicted octanol–water partition coefficient (Wildman–Crippen LogP) is 1.84. The van der Waals surface area contributed by atoms with Gasteiger partial charge in [-0.15, -0.1) is 0 Å². The highest BCUT2D eigenvalue weighted by Gasteiger charge is 2.09. The lowest BCUT2D eigenvalue weighted by Gasteiger charge is -2.00. The molecule has 0 spiro atoms. The highest BCUT2D eigenvalue weighted by molar-refractivity contribution is 6.42. The molecule has 0 amide bonds. The Morgan fingerprint density at radius 3 is 2.60 bits per heavy atom. The number of nitrogens with one attached hydrogen (secondary N) is 3. The van der Waals surface area contributed by atoms with Gasteiger partial charge in [0.05, 0.1) is 10.0 Å². The van der Waals surface area contributed by atoms with Crippen LogP contribution in [0.4, 0.5) is 0 Å². The van der Waals surface area contributed by atoms with Gasteiger partial charge in [0.15, 0.2) is 5.65 Å². The van der Waals surface area contributed by atoms with Crippen molar-refractivity contribution in [2.75, 3.05) is 0 Å². The van der Waals surface area contributed by atoms with Gasteiger partial charge >= 0.3 is 5.69 Å². The van der Waals surface area contributed by atoms with Gasteiger partial charge in [0, 0.05) is 6.42 Å². The smallest absolute Gasteiger partial charge is 0.327 e. The zero-order valence-corrected chi connectivity index (χ0v) is 11.5. The van der Waals surface area contributed by atoms with E-state index < -0.39 is 11.2 Å². The molecule has 0 aliphatic heterocycles. The molecular weight excluding hydrogens is 303 g/mol. The van der Waals surface area contributed by atoms with Crippen molar-refractivity contribution in [3.8, 4) is 0 Å². The molecule has 102 valence electrons. The Morgan fingerprint density at radius 1 is 1.05 bits per heavy atom. The van der Waals surface area contributed by atoms with E-state index in [4.69, 9.17) is 23.2 Å².